The molecule has 0 aromatic heterocycles. The van der Waals surface area contributed by atoms with Gasteiger partial charge in [-0.05, 0) is 42.0 Å². The molecule has 3 nitrogen and oxygen atoms in total. The van der Waals surface area contributed by atoms with E-state index in [0.29, 0.717) is 5.56 Å². The summed E-state index contributed by atoms with van der Waals surface area (Å²) >= 11 is 0. The fourth-order valence-electron chi connectivity index (χ4n) is 1.93. The second-order valence-electron chi connectivity index (χ2n) is 4.91. The Balaban J connectivity index is 2.21. The van der Waals surface area contributed by atoms with Crippen LogP contribution in [-0.2, 0) is 22.7 Å². The number of alkyl halides is 3. The smallest absolute Gasteiger partial charge is 0.207 e. The number of nitrogens with zero attached hydrogens (tertiary/aromatic N) is 1. The lowest BCUT2D eigenvalue weighted by Crippen LogP contribution is -2.26. The van der Waals surface area contributed by atoms with E-state index in [2.05, 4.69) is 0 Å². The standard InChI is InChI=1S/C15H13F4NO2S/c1-20(10-11-2-6-13(16)7-3-11)23(21,22)14-8-4-12(5-9-14)15(17,18)19/h2-9H,10H2,1H3. The highest BCUT2D eigenvalue weighted by molar-refractivity contribution is 7.89. The molecule has 124 valence electrons. The van der Waals surface area contributed by atoms with Gasteiger partial charge in [0.25, 0.3) is 0 Å². The van der Waals surface area contributed by atoms with Gasteiger partial charge in [0, 0.05) is 13.6 Å². The zero-order valence-electron chi connectivity index (χ0n) is 12.0. The van der Waals surface area contributed by atoms with Crippen LogP contribution in [0.25, 0.3) is 0 Å². The molecule has 0 unspecified atom stereocenters. The van der Waals surface area contributed by atoms with E-state index in [1.165, 1.54) is 31.3 Å². The van der Waals surface area contributed by atoms with Crippen LogP contribution >= 0.6 is 0 Å². The zero-order valence-corrected chi connectivity index (χ0v) is 12.8. The lowest BCUT2D eigenvalue weighted by atomic mass is 10.2. The Morgan fingerprint density at radius 1 is 0.957 bits per heavy atom. The summed E-state index contributed by atoms with van der Waals surface area (Å²) in [5.74, 6) is -0.443. The molecule has 0 fully saturated rings. The minimum absolute atomic E-state index is 0.0242. The van der Waals surface area contributed by atoms with Crippen molar-refractivity contribution in [3.63, 3.8) is 0 Å². The van der Waals surface area contributed by atoms with Crippen LogP contribution in [0.3, 0.4) is 0 Å². The monoisotopic (exact) mass is 347 g/mol. The largest absolute Gasteiger partial charge is 0.416 e. The molecule has 8 heteroatoms. The molecule has 0 bridgehead atoms. The topological polar surface area (TPSA) is 37.4 Å². The first kappa shape index (κ1) is 17.4. The summed E-state index contributed by atoms with van der Waals surface area (Å²) in [6.07, 6.45) is -4.53. The molecule has 2 aromatic carbocycles. The third-order valence-corrected chi connectivity index (χ3v) is 5.03. The van der Waals surface area contributed by atoms with Gasteiger partial charge in [0.15, 0.2) is 0 Å². The van der Waals surface area contributed by atoms with Gasteiger partial charge in [-0.1, -0.05) is 12.1 Å². The molecule has 0 atom stereocenters. The van der Waals surface area contributed by atoms with Crippen LogP contribution in [0.2, 0.25) is 0 Å². The minimum atomic E-state index is -4.53. The predicted molar refractivity (Wildman–Crippen MR) is 76.5 cm³/mol. The third kappa shape index (κ3) is 4.08. The van der Waals surface area contributed by atoms with Crippen molar-refractivity contribution in [2.75, 3.05) is 7.05 Å². The molecular weight excluding hydrogens is 334 g/mol. The van der Waals surface area contributed by atoms with Crippen LogP contribution in [0.4, 0.5) is 17.6 Å². The van der Waals surface area contributed by atoms with Crippen molar-refractivity contribution >= 4 is 10.0 Å². The summed E-state index contributed by atoms with van der Waals surface area (Å²) in [5, 5.41) is 0. The van der Waals surface area contributed by atoms with Crippen LogP contribution in [0.15, 0.2) is 53.4 Å². The summed E-state index contributed by atoms with van der Waals surface area (Å²) in [6.45, 7) is -0.0242. The number of sulfonamides is 1. The van der Waals surface area contributed by atoms with Crippen LogP contribution in [0, 0.1) is 5.82 Å². The maximum absolute atomic E-state index is 12.8. The van der Waals surface area contributed by atoms with Gasteiger partial charge in [0.05, 0.1) is 10.5 Å². The van der Waals surface area contributed by atoms with E-state index in [-0.39, 0.29) is 11.4 Å². The van der Waals surface area contributed by atoms with E-state index in [1.54, 1.807) is 0 Å². The lowest BCUT2D eigenvalue weighted by molar-refractivity contribution is -0.137. The van der Waals surface area contributed by atoms with E-state index in [4.69, 9.17) is 0 Å². The Kier molecular flexibility index (Phi) is 4.76. The van der Waals surface area contributed by atoms with Gasteiger partial charge in [-0.2, -0.15) is 17.5 Å². The first-order chi connectivity index (χ1) is 10.6. The summed E-state index contributed by atoms with van der Waals surface area (Å²) in [5.41, 5.74) is -0.359. The van der Waals surface area contributed by atoms with Crippen molar-refractivity contribution in [3.8, 4) is 0 Å². The number of halogens is 4. The zero-order chi connectivity index (χ0) is 17.3. The molecule has 0 radical (unpaired) electrons. The maximum atomic E-state index is 12.8. The van der Waals surface area contributed by atoms with Crippen LogP contribution in [0.5, 0.6) is 0 Å². The Morgan fingerprint density at radius 2 is 1.48 bits per heavy atom. The quantitative estimate of drug-likeness (QED) is 0.792. The number of hydrogen-bond acceptors (Lipinski definition) is 2. The van der Waals surface area contributed by atoms with Gasteiger partial charge in [-0.3, -0.25) is 0 Å². The molecule has 0 N–H and O–H groups in total. The van der Waals surface area contributed by atoms with E-state index in [9.17, 15) is 26.0 Å². The van der Waals surface area contributed by atoms with E-state index >= 15 is 0 Å². The highest BCUT2D eigenvalue weighted by Gasteiger charge is 2.31. The van der Waals surface area contributed by atoms with E-state index < -0.39 is 27.6 Å². The Morgan fingerprint density at radius 3 is 1.96 bits per heavy atom. The Bertz CT molecular complexity index is 769. The summed E-state index contributed by atoms with van der Waals surface area (Å²) in [7, 11) is -2.64. The molecule has 0 aliphatic carbocycles. The van der Waals surface area contributed by atoms with Crippen molar-refractivity contribution < 1.29 is 26.0 Å². The van der Waals surface area contributed by atoms with Crippen molar-refractivity contribution in [1.29, 1.82) is 0 Å². The average Bonchev–Trinajstić information content (AvgIpc) is 2.48. The molecule has 0 amide bonds. The van der Waals surface area contributed by atoms with Gasteiger partial charge >= 0.3 is 6.18 Å². The fraction of sp³-hybridized carbons (Fsp3) is 0.200. The first-order valence-electron chi connectivity index (χ1n) is 6.49. The van der Waals surface area contributed by atoms with Gasteiger partial charge in [0.1, 0.15) is 5.82 Å². The van der Waals surface area contributed by atoms with E-state index in [0.717, 1.165) is 28.6 Å². The molecule has 0 aliphatic rings. The molecule has 23 heavy (non-hydrogen) atoms. The summed E-state index contributed by atoms with van der Waals surface area (Å²) in [6, 6.07) is 8.56. The Hall–Kier alpha value is -1.93. The molecule has 2 rings (SSSR count). The summed E-state index contributed by atoms with van der Waals surface area (Å²) < 4.78 is 76.0. The van der Waals surface area contributed by atoms with Crippen molar-refractivity contribution in [2.24, 2.45) is 0 Å². The molecular formula is C15H13F4NO2S. The molecule has 0 spiro atoms. The van der Waals surface area contributed by atoms with Crippen LogP contribution < -0.4 is 0 Å². The normalized spacial score (nSPS) is 12.6. The molecule has 2 aromatic rings. The molecule has 0 aliphatic heterocycles. The highest BCUT2D eigenvalue weighted by Crippen LogP contribution is 2.30. The second kappa shape index (κ2) is 6.29. The average molecular weight is 347 g/mol. The van der Waals surface area contributed by atoms with Crippen molar-refractivity contribution in [2.45, 2.75) is 17.6 Å². The van der Waals surface area contributed by atoms with Crippen molar-refractivity contribution in [1.82, 2.24) is 4.31 Å². The minimum Gasteiger partial charge on any atom is -0.207 e. The van der Waals surface area contributed by atoms with Gasteiger partial charge in [-0.25, -0.2) is 12.8 Å². The summed E-state index contributed by atoms with van der Waals surface area (Å²) in [4.78, 5) is -0.241. The van der Waals surface area contributed by atoms with Gasteiger partial charge in [0.2, 0.25) is 10.0 Å². The Labute approximate surface area is 131 Å². The van der Waals surface area contributed by atoms with Crippen LogP contribution in [0.1, 0.15) is 11.1 Å². The van der Waals surface area contributed by atoms with Gasteiger partial charge in [-0.15, -0.1) is 0 Å². The number of hydrogen-bond donors (Lipinski definition) is 0. The maximum Gasteiger partial charge on any atom is 0.416 e. The van der Waals surface area contributed by atoms with Gasteiger partial charge < -0.3 is 0 Å². The molecule has 0 saturated heterocycles. The second-order valence-corrected chi connectivity index (χ2v) is 6.95. The third-order valence-electron chi connectivity index (χ3n) is 3.21. The fourth-order valence-corrected chi connectivity index (χ4v) is 3.09. The first-order valence-corrected chi connectivity index (χ1v) is 7.93. The molecule has 0 saturated carbocycles. The lowest BCUT2D eigenvalue weighted by Gasteiger charge is -2.17. The van der Waals surface area contributed by atoms with Crippen LogP contribution in [-0.4, -0.2) is 19.8 Å². The highest BCUT2D eigenvalue weighted by atomic mass is 32.2. The van der Waals surface area contributed by atoms with Crippen molar-refractivity contribution in [3.05, 3.63) is 65.5 Å². The van der Waals surface area contributed by atoms with E-state index in [1.807, 2.05) is 0 Å². The number of benzene rings is 2. The SMILES string of the molecule is CN(Cc1ccc(F)cc1)S(=O)(=O)c1ccc(C(F)(F)F)cc1. The molecule has 0 heterocycles. The predicted octanol–water partition coefficient (Wildman–Crippen LogP) is 3.67. The number of rotatable bonds is 4.